The summed E-state index contributed by atoms with van der Waals surface area (Å²) in [5.74, 6) is 1.94. The maximum absolute atomic E-state index is 13.0. The van der Waals surface area contributed by atoms with Crippen LogP contribution in [-0.2, 0) is 11.2 Å². The quantitative estimate of drug-likeness (QED) is 0.805. The van der Waals surface area contributed by atoms with Gasteiger partial charge in [-0.15, -0.1) is 0 Å². The van der Waals surface area contributed by atoms with Crippen LogP contribution >= 0.6 is 0 Å². The predicted octanol–water partition coefficient (Wildman–Crippen LogP) is 2.42. The van der Waals surface area contributed by atoms with Gasteiger partial charge in [0.1, 0.15) is 17.6 Å². The number of amides is 1. The Morgan fingerprint density at radius 1 is 1.23 bits per heavy atom. The molecular formula is C24H27N5O2. The highest BCUT2D eigenvalue weighted by molar-refractivity contribution is 5.79. The number of carbonyl (C=O) groups excluding carboxylic acids is 1. The summed E-state index contributed by atoms with van der Waals surface area (Å²) >= 11 is 0. The van der Waals surface area contributed by atoms with Gasteiger partial charge in [0.25, 0.3) is 0 Å². The van der Waals surface area contributed by atoms with Gasteiger partial charge in [-0.2, -0.15) is 5.26 Å². The lowest BCUT2D eigenvalue weighted by Crippen LogP contribution is -2.57. The van der Waals surface area contributed by atoms with E-state index < -0.39 is 0 Å². The summed E-state index contributed by atoms with van der Waals surface area (Å²) in [7, 11) is 1.68. The van der Waals surface area contributed by atoms with Gasteiger partial charge in [0, 0.05) is 37.4 Å². The van der Waals surface area contributed by atoms with Crippen LogP contribution in [0.25, 0.3) is 0 Å². The van der Waals surface area contributed by atoms with E-state index in [9.17, 15) is 4.79 Å². The summed E-state index contributed by atoms with van der Waals surface area (Å²) in [6.45, 7) is 1.82. The summed E-state index contributed by atoms with van der Waals surface area (Å²) in [6, 6.07) is 12.9. The zero-order valence-corrected chi connectivity index (χ0v) is 17.8. The van der Waals surface area contributed by atoms with E-state index in [0.717, 1.165) is 50.3 Å². The molecule has 5 rings (SSSR count). The van der Waals surface area contributed by atoms with Crippen LogP contribution in [0.1, 0.15) is 42.0 Å². The van der Waals surface area contributed by atoms with E-state index in [1.165, 1.54) is 11.1 Å². The van der Waals surface area contributed by atoms with Crippen LogP contribution < -0.4 is 15.0 Å². The number of aryl methyl sites for hydroxylation is 1. The number of carbonyl (C=O) groups is 1. The summed E-state index contributed by atoms with van der Waals surface area (Å²) < 4.78 is 5.37. The lowest BCUT2D eigenvalue weighted by molar-refractivity contribution is -0.131. The molecule has 1 aliphatic carbocycles. The third kappa shape index (κ3) is 3.72. The average molecular weight is 418 g/mol. The molecule has 2 fully saturated rings. The second-order valence-electron chi connectivity index (χ2n) is 8.64. The van der Waals surface area contributed by atoms with Crippen molar-refractivity contribution in [1.29, 1.82) is 5.26 Å². The number of hydrogen-bond acceptors (Lipinski definition) is 6. The summed E-state index contributed by atoms with van der Waals surface area (Å²) in [5.41, 5.74) is 3.17. The zero-order chi connectivity index (χ0) is 21.4. The number of methoxy groups -OCH3 is 1. The number of benzene rings is 1. The monoisotopic (exact) mass is 417 g/mol. The second kappa shape index (κ2) is 8.20. The first-order chi connectivity index (χ1) is 15.2. The zero-order valence-electron chi connectivity index (χ0n) is 17.8. The molecule has 1 amide bonds. The molecule has 160 valence electrons. The van der Waals surface area contributed by atoms with E-state index in [-0.39, 0.29) is 11.9 Å². The van der Waals surface area contributed by atoms with Crippen LogP contribution in [0.3, 0.4) is 0 Å². The van der Waals surface area contributed by atoms with Crippen LogP contribution in [-0.4, -0.2) is 54.6 Å². The number of pyridine rings is 1. The van der Waals surface area contributed by atoms with Crippen molar-refractivity contribution in [3.8, 4) is 11.8 Å². The molecular weight excluding hydrogens is 390 g/mol. The van der Waals surface area contributed by atoms with Crippen LogP contribution in [0.2, 0.25) is 0 Å². The average Bonchev–Trinajstić information content (AvgIpc) is 3.34. The largest absolute Gasteiger partial charge is 0.497 e. The Hall–Kier alpha value is -3.11. The fourth-order valence-corrected chi connectivity index (χ4v) is 5.33. The Balaban J connectivity index is 1.20. The van der Waals surface area contributed by atoms with Crippen molar-refractivity contribution in [3.63, 3.8) is 0 Å². The van der Waals surface area contributed by atoms with Crippen molar-refractivity contribution in [3.05, 3.63) is 53.2 Å². The minimum Gasteiger partial charge on any atom is -0.497 e. The molecule has 2 bridgehead atoms. The maximum Gasteiger partial charge on any atom is 0.236 e. The Morgan fingerprint density at radius 2 is 2.03 bits per heavy atom. The van der Waals surface area contributed by atoms with Gasteiger partial charge in [0.05, 0.1) is 19.2 Å². The molecule has 0 spiro atoms. The highest BCUT2D eigenvalue weighted by atomic mass is 16.5. The Morgan fingerprint density at radius 3 is 2.71 bits per heavy atom. The van der Waals surface area contributed by atoms with Gasteiger partial charge in [-0.25, -0.2) is 4.98 Å². The van der Waals surface area contributed by atoms with E-state index in [1.54, 1.807) is 13.3 Å². The molecule has 7 nitrogen and oxygen atoms in total. The molecule has 0 saturated carbocycles. The molecule has 3 unspecified atom stereocenters. The van der Waals surface area contributed by atoms with E-state index in [1.807, 2.05) is 23.1 Å². The van der Waals surface area contributed by atoms with Gasteiger partial charge in [0.2, 0.25) is 5.91 Å². The third-order valence-corrected chi connectivity index (χ3v) is 6.91. The molecule has 31 heavy (non-hydrogen) atoms. The SMILES string of the molecule is COc1ccc2c(c1)C(NCC(=O)N1CC3CCC(C1)N3c1ccc(C#N)cn1)CC2. The number of aromatic nitrogens is 1. The number of likely N-dealkylation sites (tertiary alicyclic amines) is 1. The molecule has 2 aromatic rings. The maximum atomic E-state index is 13.0. The first kappa shape index (κ1) is 19.8. The van der Waals surface area contributed by atoms with Gasteiger partial charge < -0.3 is 19.9 Å². The number of fused-ring (bicyclic) bond motifs is 3. The minimum absolute atomic E-state index is 0.167. The standard InChI is InChI=1S/C24H27N5O2/c1-31-20-7-3-17-4-8-22(21(17)10-20)26-13-24(30)28-14-18-5-6-19(15-28)29(18)23-9-2-16(11-25)12-27-23/h2-3,7,9-10,12,18-19,22,26H,4-6,8,13-15H2,1H3. The smallest absolute Gasteiger partial charge is 0.236 e. The van der Waals surface area contributed by atoms with Crippen molar-refractivity contribution >= 4 is 11.7 Å². The first-order valence-corrected chi connectivity index (χ1v) is 11.0. The fourth-order valence-electron chi connectivity index (χ4n) is 5.33. The predicted molar refractivity (Wildman–Crippen MR) is 117 cm³/mol. The Bertz CT molecular complexity index is 1000. The number of ether oxygens (including phenoxy) is 1. The molecule has 2 aliphatic heterocycles. The van der Waals surface area contributed by atoms with E-state index in [4.69, 9.17) is 10.00 Å². The van der Waals surface area contributed by atoms with Crippen molar-refractivity contribution in [2.45, 2.75) is 43.8 Å². The normalized spacial score (nSPS) is 24.1. The molecule has 3 heterocycles. The Labute approximate surface area is 182 Å². The van der Waals surface area contributed by atoms with E-state index in [0.29, 0.717) is 24.2 Å². The summed E-state index contributed by atoms with van der Waals surface area (Å²) in [5, 5.41) is 12.5. The number of nitrogens with zero attached hydrogens (tertiary/aromatic N) is 4. The van der Waals surface area contributed by atoms with Crippen LogP contribution in [0.5, 0.6) is 5.75 Å². The Kier molecular flexibility index (Phi) is 5.24. The summed E-state index contributed by atoms with van der Waals surface area (Å²) in [6.07, 6.45) is 5.81. The molecule has 2 saturated heterocycles. The van der Waals surface area contributed by atoms with Crippen molar-refractivity contribution in [1.82, 2.24) is 15.2 Å². The van der Waals surface area contributed by atoms with Crippen LogP contribution in [0.4, 0.5) is 5.82 Å². The highest BCUT2D eigenvalue weighted by Crippen LogP contribution is 2.35. The number of nitriles is 1. The molecule has 3 aliphatic rings. The van der Waals surface area contributed by atoms with E-state index >= 15 is 0 Å². The van der Waals surface area contributed by atoms with Crippen molar-refractivity contribution < 1.29 is 9.53 Å². The molecule has 1 N–H and O–H groups in total. The van der Waals surface area contributed by atoms with E-state index in [2.05, 4.69) is 33.4 Å². The van der Waals surface area contributed by atoms with Gasteiger partial charge in [-0.05, 0) is 61.1 Å². The topological polar surface area (TPSA) is 81.5 Å². The fraction of sp³-hybridized carbons (Fsp3) is 0.458. The molecule has 3 atom stereocenters. The lowest BCUT2D eigenvalue weighted by atomic mass is 10.1. The molecule has 0 radical (unpaired) electrons. The summed E-state index contributed by atoms with van der Waals surface area (Å²) in [4.78, 5) is 21.8. The van der Waals surface area contributed by atoms with Gasteiger partial charge in [-0.1, -0.05) is 6.07 Å². The minimum atomic E-state index is 0.167. The number of nitrogens with one attached hydrogen (secondary N) is 1. The van der Waals surface area contributed by atoms with Gasteiger partial charge >= 0.3 is 0 Å². The van der Waals surface area contributed by atoms with Crippen LogP contribution in [0, 0.1) is 11.3 Å². The number of piperazine rings is 1. The molecule has 1 aromatic heterocycles. The molecule has 1 aromatic carbocycles. The van der Waals surface area contributed by atoms with Gasteiger partial charge in [0.15, 0.2) is 0 Å². The van der Waals surface area contributed by atoms with Crippen molar-refractivity contribution in [2.75, 3.05) is 31.6 Å². The first-order valence-electron chi connectivity index (χ1n) is 11.0. The number of anilines is 1. The number of rotatable bonds is 5. The third-order valence-electron chi connectivity index (χ3n) is 6.91. The molecule has 7 heteroatoms. The number of hydrogen-bond donors (Lipinski definition) is 1. The van der Waals surface area contributed by atoms with Gasteiger partial charge in [-0.3, -0.25) is 4.79 Å². The second-order valence-corrected chi connectivity index (χ2v) is 8.64. The van der Waals surface area contributed by atoms with Crippen LogP contribution in [0.15, 0.2) is 36.5 Å². The lowest BCUT2D eigenvalue weighted by Gasteiger charge is -2.42. The highest BCUT2D eigenvalue weighted by Gasteiger charge is 2.42. The van der Waals surface area contributed by atoms with Crippen molar-refractivity contribution in [2.24, 2.45) is 0 Å².